The summed E-state index contributed by atoms with van der Waals surface area (Å²) in [6.07, 6.45) is 4.43. The van der Waals surface area contributed by atoms with Crippen LogP contribution in [0.1, 0.15) is 24.3 Å². The zero-order chi connectivity index (χ0) is 25.8. The van der Waals surface area contributed by atoms with E-state index in [0.717, 1.165) is 20.7 Å². The number of aliphatic hydroxyl groups is 2. The maximum atomic E-state index is 13.5. The number of aliphatic hydroxyl groups excluding tert-OH is 2. The highest BCUT2D eigenvalue weighted by atomic mass is 35.5. The molecule has 2 atom stereocenters. The zero-order valence-corrected chi connectivity index (χ0v) is 21.7. The first kappa shape index (κ1) is 26.4. The van der Waals surface area contributed by atoms with E-state index in [9.17, 15) is 19.4 Å². The number of thiophene rings is 1. The average molecular weight is 534 g/mol. The first-order valence-electron chi connectivity index (χ1n) is 11.7. The standard InChI is InChI=1S/C25H29ClFN5O3S/c1-15(33)11-31(12-16(2)34)8-3-4-22(35)32-9-7-18-21(13-32)36-25-23(18)24(28-14-29-25)30-17-5-6-20(27)19(26)10-17/h3-6,10,14-16,33-34H,7-9,11-13H2,1-2H3,(H,28,29,30). The lowest BCUT2D eigenvalue weighted by Crippen LogP contribution is -2.37. The highest BCUT2D eigenvalue weighted by Gasteiger charge is 2.25. The number of carbonyl (C=O) groups is 1. The van der Waals surface area contributed by atoms with Crippen molar-refractivity contribution in [1.29, 1.82) is 0 Å². The molecule has 3 N–H and O–H groups in total. The molecule has 1 amide bonds. The number of amides is 1. The number of hydrogen-bond acceptors (Lipinski definition) is 8. The normalized spacial score (nSPS) is 15.5. The van der Waals surface area contributed by atoms with Crippen LogP contribution in [0.4, 0.5) is 15.9 Å². The van der Waals surface area contributed by atoms with Gasteiger partial charge in [-0.2, -0.15) is 0 Å². The minimum atomic E-state index is -0.524. The van der Waals surface area contributed by atoms with Gasteiger partial charge in [-0.3, -0.25) is 9.69 Å². The number of fused-ring (bicyclic) bond motifs is 3. The molecule has 2 unspecified atom stereocenters. The smallest absolute Gasteiger partial charge is 0.246 e. The number of carbonyl (C=O) groups excluding carboxylic acids is 1. The fraction of sp³-hybridized carbons (Fsp3) is 0.400. The Kier molecular flexibility index (Phi) is 8.53. The number of rotatable bonds is 9. The maximum Gasteiger partial charge on any atom is 0.246 e. The van der Waals surface area contributed by atoms with Gasteiger partial charge in [0.1, 0.15) is 22.8 Å². The van der Waals surface area contributed by atoms with Gasteiger partial charge >= 0.3 is 0 Å². The second-order valence-corrected chi connectivity index (χ2v) is 10.5. The number of aromatic nitrogens is 2. The topological polar surface area (TPSA) is 102 Å². The average Bonchev–Trinajstić information content (AvgIpc) is 3.19. The zero-order valence-electron chi connectivity index (χ0n) is 20.1. The van der Waals surface area contributed by atoms with Gasteiger partial charge in [-0.15, -0.1) is 11.3 Å². The summed E-state index contributed by atoms with van der Waals surface area (Å²) in [6.45, 7) is 5.72. The van der Waals surface area contributed by atoms with Crippen LogP contribution in [0.5, 0.6) is 0 Å². The summed E-state index contributed by atoms with van der Waals surface area (Å²) in [5, 5.41) is 23.5. The molecule has 0 bridgehead atoms. The van der Waals surface area contributed by atoms with Gasteiger partial charge in [-0.1, -0.05) is 17.7 Å². The van der Waals surface area contributed by atoms with Gasteiger partial charge in [-0.25, -0.2) is 14.4 Å². The van der Waals surface area contributed by atoms with Gasteiger partial charge in [0.25, 0.3) is 0 Å². The molecule has 192 valence electrons. The van der Waals surface area contributed by atoms with E-state index in [0.29, 0.717) is 50.6 Å². The Balaban J connectivity index is 1.46. The van der Waals surface area contributed by atoms with E-state index in [1.54, 1.807) is 37.0 Å². The SMILES string of the molecule is CC(O)CN(CC=CC(=O)N1CCc2c(sc3ncnc(Nc4ccc(F)c(Cl)c4)c23)C1)CC(C)O. The Morgan fingerprint density at radius 3 is 2.75 bits per heavy atom. The Bertz CT molecular complexity index is 1260. The van der Waals surface area contributed by atoms with Crippen molar-refractivity contribution in [3.8, 4) is 0 Å². The fourth-order valence-corrected chi connectivity index (χ4v) is 5.68. The van der Waals surface area contributed by atoms with Gasteiger partial charge in [0.05, 0.1) is 29.2 Å². The van der Waals surface area contributed by atoms with Crippen molar-refractivity contribution in [2.24, 2.45) is 0 Å². The second kappa shape index (κ2) is 11.6. The molecule has 8 nitrogen and oxygen atoms in total. The molecule has 3 aromatic rings. The molecule has 0 aliphatic carbocycles. The monoisotopic (exact) mass is 533 g/mol. The van der Waals surface area contributed by atoms with Crippen molar-refractivity contribution in [2.45, 2.75) is 39.0 Å². The van der Waals surface area contributed by atoms with Crippen LogP contribution in [-0.4, -0.2) is 74.3 Å². The lowest BCUT2D eigenvalue weighted by Gasteiger charge is -2.26. The molecular formula is C25H29ClFN5O3S. The summed E-state index contributed by atoms with van der Waals surface area (Å²) in [5.41, 5.74) is 1.73. The molecule has 36 heavy (non-hydrogen) atoms. The molecule has 0 spiro atoms. The lowest BCUT2D eigenvalue weighted by atomic mass is 10.0. The van der Waals surface area contributed by atoms with Gasteiger partial charge in [-0.05, 0) is 44.0 Å². The molecule has 1 aliphatic rings. The van der Waals surface area contributed by atoms with E-state index >= 15 is 0 Å². The summed E-state index contributed by atoms with van der Waals surface area (Å²) in [6, 6.07) is 4.42. The summed E-state index contributed by atoms with van der Waals surface area (Å²) >= 11 is 7.46. The van der Waals surface area contributed by atoms with Crippen LogP contribution in [0.3, 0.4) is 0 Å². The molecule has 1 aliphatic heterocycles. The van der Waals surface area contributed by atoms with Crippen LogP contribution in [0.25, 0.3) is 10.2 Å². The Labute approximate surface area is 218 Å². The van der Waals surface area contributed by atoms with Crippen molar-refractivity contribution in [2.75, 3.05) is 31.5 Å². The van der Waals surface area contributed by atoms with Crippen molar-refractivity contribution in [3.63, 3.8) is 0 Å². The third-order valence-corrected chi connectivity index (χ3v) is 7.21. The minimum absolute atomic E-state index is 0.0275. The molecule has 0 radical (unpaired) electrons. The maximum absolute atomic E-state index is 13.5. The second-order valence-electron chi connectivity index (χ2n) is 8.99. The summed E-state index contributed by atoms with van der Waals surface area (Å²) in [4.78, 5) is 27.3. The molecule has 3 heterocycles. The molecule has 1 aromatic carbocycles. The predicted octanol–water partition coefficient (Wildman–Crippen LogP) is 3.73. The largest absolute Gasteiger partial charge is 0.392 e. The third kappa shape index (κ3) is 6.37. The van der Waals surface area contributed by atoms with Gasteiger partial charge in [0, 0.05) is 42.8 Å². The van der Waals surface area contributed by atoms with Gasteiger partial charge < -0.3 is 20.4 Å². The molecule has 2 aromatic heterocycles. The van der Waals surface area contributed by atoms with E-state index < -0.39 is 18.0 Å². The first-order chi connectivity index (χ1) is 17.2. The number of halogens is 2. The molecular weight excluding hydrogens is 505 g/mol. The third-order valence-electron chi connectivity index (χ3n) is 5.80. The van der Waals surface area contributed by atoms with Crippen molar-refractivity contribution < 1.29 is 19.4 Å². The number of nitrogens with one attached hydrogen (secondary N) is 1. The first-order valence-corrected chi connectivity index (χ1v) is 12.9. The van der Waals surface area contributed by atoms with Crippen LogP contribution in [0.15, 0.2) is 36.7 Å². The van der Waals surface area contributed by atoms with E-state index in [-0.39, 0.29) is 10.9 Å². The van der Waals surface area contributed by atoms with Crippen LogP contribution in [0.2, 0.25) is 5.02 Å². The molecule has 0 saturated carbocycles. The van der Waals surface area contributed by atoms with E-state index in [2.05, 4.69) is 15.3 Å². The van der Waals surface area contributed by atoms with E-state index in [1.807, 2.05) is 4.90 Å². The van der Waals surface area contributed by atoms with Gasteiger partial charge in [0.2, 0.25) is 5.91 Å². The summed E-state index contributed by atoms with van der Waals surface area (Å²) < 4.78 is 13.5. The molecule has 4 rings (SSSR count). The summed E-state index contributed by atoms with van der Waals surface area (Å²) in [7, 11) is 0. The number of anilines is 2. The van der Waals surface area contributed by atoms with Crippen LogP contribution in [0, 0.1) is 5.82 Å². The molecule has 0 saturated heterocycles. The number of nitrogens with zero attached hydrogens (tertiary/aromatic N) is 4. The highest BCUT2D eigenvalue weighted by Crippen LogP contribution is 2.38. The van der Waals surface area contributed by atoms with Crippen molar-refractivity contribution in [1.82, 2.24) is 19.8 Å². The number of hydrogen-bond donors (Lipinski definition) is 3. The Hall–Kier alpha value is -2.63. The van der Waals surface area contributed by atoms with Crippen molar-refractivity contribution >= 4 is 50.6 Å². The van der Waals surface area contributed by atoms with E-state index in [1.165, 1.54) is 29.8 Å². The van der Waals surface area contributed by atoms with E-state index in [4.69, 9.17) is 11.6 Å². The van der Waals surface area contributed by atoms with Gasteiger partial charge in [0.15, 0.2) is 0 Å². The van der Waals surface area contributed by atoms with Crippen LogP contribution < -0.4 is 5.32 Å². The molecule has 0 fully saturated rings. The minimum Gasteiger partial charge on any atom is -0.392 e. The lowest BCUT2D eigenvalue weighted by molar-refractivity contribution is -0.126. The predicted molar refractivity (Wildman–Crippen MR) is 140 cm³/mol. The number of benzene rings is 1. The van der Waals surface area contributed by atoms with Crippen molar-refractivity contribution in [3.05, 3.63) is 58.0 Å². The quantitative estimate of drug-likeness (QED) is 0.360. The highest BCUT2D eigenvalue weighted by molar-refractivity contribution is 7.19. The van der Waals surface area contributed by atoms with Crippen LogP contribution >= 0.6 is 22.9 Å². The molecule has 11 heteroatoms. The Morgan fingerprint density at radius 2 is 2.06 bits per heavy atom. The fourth-order valence-electron chi connectivity index (χ4n) is 4.30. The Morgan fingerprint density at radius 1 is 1.31 bits per heavy atom. The summed E-state index contributed by atoms with van der Waals surface area (Å²) in [5.74, 6) is 0.0501. The van der Waals surface area contributed by atoms with Crippen LogP contribution in [-0.2, 0) is 17.8 Å².